The van der Waals surface area contributed by atoms with Crippen molar-refractivity contribution in [2.45, 2.75) is 13.3 Å². The maximum absolute atomic E-state index is 12.5. The summed E-state index contributed by atoms with van der Waals surface area (Å²) in [6, 6.07) is 13.2. The summed E-state index contributed by atoms with van der Waals surface area (Å²) >= 11 is 6.82. The Balaban J connectivity index is 1.69. The van der Waals surface area contributed by atoms with E-state index in [0.29, 0.717) is 6.54 Å². The molecule has 1 heterocycles. The van der Waals surface area contributed by atoms with Crippen LogP contribution >= 0.6 is 31.9 Å². The molecule has 1 N–H and O–H groups in total. The number of carbonyl (C=O) groups excluding carboxylic acids is 2. The zero-order valence-corrected chi connectivity index (χ0v) is 16.2. The van der Waals surface area contributed by atoms with Crippen LogP contribution in [-0.4, -0.2) is 18.4 Å². The second-order valence-electron chi connectivity index (χ2n) is 5.84. The van der Waals surface area contributed by atoms with E-state index in [0.717, 1.165) is 25.9 Å². The molecule has 1 aliphatic heterocycles. The van der Waals surface area contributed by atoms with Crippen molar-refractivity contribution in [1.29, 1.82) is 0 Å². The van der Waals surface area contributed by atoms with Crippen molar-refractivity contribution in [2.75, 3.05) is 16.8 Å². The number of carbonyl (C=O) groups is 2. The highest BCUT2D eigenvalue weighted by Crippen LogP contribution is 2.27. The van der Waals surface area contributed by atoms with Crippen LogP contribution in [0.5, 0.6) is 0 Å². The Labute approximate surface area is 157 Å². The van der Waals surface area contributed by atoms with E-state index >= 15 is 0 Å². The maximum atomic E-state index is 12.5. The number of hydrogen-bond acceptors (Lipinski definition) is 2. The van der Waals surface area contributed by atoms with Gasteiger partial charge in [-0.2, -0.15) is 0 Å². The highest BCUT2D eigenvalue weighted by molar-refractivity contribution is 9.10. The molecule has 6 heteroatoms. The number of aryl methyl sites for hydroxylation is 1. The Morgan fingerprint density at radius 1 is 1.17 bits per heavy atom. The molecule has 0 radical (unpaired) electrons. The van der Waals surface area contributed by atoms with E-state index in [1.807, 2.05) is 49.4 Å². The number of halogens is 2. The summed E-state index contributed by atoms with van der Waals surface area (Å²) in [6.45, 7) is 2.37. The predicted octanol–water partition coefficient (Wildman–Crippen LogP) is 4.51. The Morgan fingerprint density at radius 3 is 2.54 bits per heavy atom. The summed E-state index contributed by atoms with van der Waals surface area (Å²) in [4.78, 5) is 26.4. The molecule has 0 spiro atoms. The van der Waals surface area contributed by atoms with E-state index in [-0.39, 0.29) is 24.2 Å². The van der Waals surface area contributed by atoms with Gasteiger partial charge in [0.15, 0.2) is 0 Å². The van der Waals surface area contributed by atoms with Crippen LogP contribution < -0.4 is 10.2 Å². The first-order chi connectivity index (χ1) is 11.4. The van der Waals surface area contributed by atoms with Crippen molar-refractivity contribution >= 4 is 55.0 Å². The average Bonchev–Trinajstić information content (AvgIpc) is 2.94. The van der Waals surface area contributed by atoms with Crippen molar-refractivity contribution in [3.63, 3.8) is 0 Å². The number of rotatable bonds is 3. The third-order valence-electron chi connectivity index (χ3n) is 4.06. The Morgan fingerprint density at radius 2 is 1.88 bits per heavy atom. The minimum atomic E-state index is -0.343. The van der Waals surface area contributed by atoms with Gasteiger partial charge in [0.1, 0.15) is 0 Å². The predicted molar refractivity (Wildman–Crippen MR) is 102 cm³/mol. The summed E-state index contributed by atoms with van der Waals surface area (Å²) < 4.78 is 1.95. The zero-order valence-electron chi connectivity index (χ0n) is 13.1. The van der Waals surface area contributed by atoms with Crippen LogP contribution in [0, 0.1) is 12.8 Å². The molecule has 0 unspecified atom stereocenters. The van der Waals surface area contributed by atoms with Crippen molar-refractivity contribution in [3.8, 4) is 0 Å². The summed E-state index contributed by atoms with van der Waals surface area (Å²) in [5, 5.41) is 2.91. The first kappa shape index (κ1) is 17.2. The quantitative estimate of drug-likeness (QED) is 0.746. The molecular formula is C18H16Br2N2O2. The topological polar surface area (TPSA) is 49.4 Å². The molecule has 1 aliphatic rings. The molecule has 0 bridgehead atoms. The SMILES string of the molecule is Cc1cc(NC(=O)[C@@H]2CC(=O)N(c3ccc(Br)cc3)C2)ccc1Br. The largest absolute Gasteiger partial charge is 0.326 e. The lowest BCUT2D eigenvalue weighted by molar-refractivity contribution is -0.122. The molecular weight excluding hydrogens is 436 g/mol. The maximum Gasteiger partial charge on any atom is 0.229 e. The highest BCUT2D eigenvalue weighted by Gasteiger charge is 2.35. The average molecular weight is 452 g/mol. The van der Waals surface area contributed by atoms with Gasteiger partial charge in [-0.05, 0) is 55.0 Å². The molecule has 3 rings (SSSR count). The molecule has 0 aromatic heterocycles. The standard InChI is InChI=1S/C18H16Br2N2O2/c1-11-8-14(4-7-16(11)20)21-18(24)12-9-17(23)22(10-12)15-5-2-13(19)3-6-15/h2-8,12H,9-10H2,1H3,(H,21,24)/t12-/m1/s1. The molecule has 1 atom stereocenters. The van der Waals surface area contributed by atoms with Gasteiger partial charge in [0.25, 0.3) is 0 Å². The number of nitrogens with zero attached hydrogens (tertiary/aromatic N) is 1. The van der Waals surface area contributed by atoms with E-state index in [9.17, 15) is 9.59 Å². The van der Waals surface area contributed by atoms with Gasteiger partial charge in [0, 0.05) is 33.3 Å². The number of anilines is 2. The minimum absolute atomic E-state index is 0.0236. The molecule has 1 fully saturated rings. The lowest BCUT2D eigenvalue weighted by Crippen LogP contribution is -2.28. The van der Waals surface area contributed by atoms with Crippen molar-refractivity contribution in [2.24, 2.45) is 5.92 Å². The zero-order chi connectivity index (χ0) is 17.3. The van der Waals surface area contributed by atoms with Crippen molar-refractivity contribution < 1.29 is 9.59 Å². The number of benzene rings is 2. The van der Waals surface area contributed by atoms with Gasteiger partial charge in [0.2, 0.25) is 11.8 Å². The third-order valence-corrected chi connectivity index (χ3v) is 5.48. The molecule has 24 heavy (non-hydrogen) atoms. The van der Waals surface area contributed by atoms with E-state index < -0.39 is 0 Å². The summed E-state index contributed by atoms with van der Waals surface area (Å²) in [5.41, 5.74) is 2.61. The van der Waals surface area contributed by atoms with Crippen LogP contribution in [0.25, 0.3) is 0 Å². The van der Waals surface area contributed by atoms with Crippen molar-refractivity contribution in [1.82, 2.24) is 0 Å². The third kappa shape index (κ3) is 3.70. The molecule has 124 valence electrons. The van der Waals surface area contributed by atoms with Gasteiger partial charge in [-0.1, -0.05) is 31.9 Å². The lowest BCUT2D eigenvalue weighted by Gasteiger charge is -2.17. The molecule has 2 aromatic rings. The van der Waals surface area contributed by atoms with E-state index in [4.69, 9.17) is 0 Å². The first-order valence-electron chi connectivity index (χ1n) is 7.57. The fourth-order valence-corrected chi connectivity index (χ4v) is 3.23. The molecule has 0 aliphatic carbocycles. The molecule has 4 nitrogen and oxygen atoms in total. The Hall–Kier alpha value is -1.66. The molecule has 1 saturated heterocycles. The first-order valence-corrected chi connectivity index (χ1v) is 9.15. The van der Waals surface area contributed by atoms with Gasteiger partial charge in [-0.3, -0.25) is 9.59 Å². The van der Waals surface area contributed by atoms with Gasteiger partial charge in [0.05, 0.1) is 5.92 Å². The van der Waals surface area contributed by atoms with Crippen LogP contribution in [0.2, 0.25) is 0 Å². The van der Waals surface area contributed by atoms with Gasteiger partial charge in [-0.15, -0.1) is 0 Å². The Kier molecular flexibility index (Phi) is 5.06. The van der Waals surface area contributed by atoms with Crippen LogP contribution in [0.3, 0.4) is 0 Å². The molecule has 0 saturated carbocycles. The fraction of sp³-hybridized carbons (Fsp3) is 0.222. The highest BCUT2D eigenvalue weighted by atomic mass is 79.9. The smallest absolute Gasteiger partial charge is 0.229 e. The van der Waals surface area contributed by atoms with Gasteiger partial charge < -0.3 is 10.2 Å². The number of amides is 2. The van der Waals surface area contributed by atoms with Crippen LogP contribution in [-0.2, 0) is 9.59 Å². The summed E-state index contributed by atoms with van der Waals surface area (Å²) in [5.74, 6) is -0.487. The normalized spacial score (nSPS) is 17.2. The monoisotopic (exact) mass is 450 g/mol. The second-order valence-corrected chi connectivity index (χ2v) is 7.61. The fourth-order valence-electron chi connectivity index (χ4n) is 2.72. The van der Waals surface area contributed by atoms with Crippen LogP contribution in [0.1, 0.15) is 12.0 Å². The minimum Gasteiger partial charge on any atom is -0.326 e. The molecule has 2 aromatic carbocycles. The number of hydrogen-bond donors (Lipinski definition) is 1. The van der Waals surface area contributed by atoms with E-state index in [2.05, 4.69) is 37.2 Å². The van der Waals surface area contributed by atoms with Crippen molar-refractivity contribution in [3.05, 3.63) is 57.0 Å². The van der Waals surface area contributed by atoms with E-state index in [1.165, 1.54) is 0 Å². The van der Waals surface area contributed by atoms with Gasteiger partial charge >= 0.3 is 0 Å². The second kappa shape index (κ2) is 7.07. The summed E-state index contributed by atoms with van der Waals surface area (Å²) in [7, 11) is 0. The van der Waals surface area contributed by atoms with E-state index in [1.54, 1.807) is 4.90 Å². The van der Waals surface area contributed by atoms with Crippen LogP contribution in [0.15, 0.2) is 51.4 Å². The Bertz CT molecular complexity index is 790. The summed E-state index contributed by atoms with van der Waals surface area (Å²) in [6.07, 6.45) is 0.234. The molecule has 2 amide bonds. The lowest BCUT2D eigenvalue weighted by atomic mass is 10.1. The van der Waals surface area contributed by atoms with Gasteiger partial charge in [-0.25, -0.2) is 0 Å². The van der Waals surface area contributed by atoms with Crippen LogP contribution in [0.4, 0.5) is 11.4 Å². The number of nitrogens with one attached hydrogen (secondary N) is 1.